The second-order valence-electron chi connectivity index (χ2n) is 5.72. The molecule has 0 bridgehead atoms. The number of aromatic hydroxyl groups is 1. The smallest absolute Gasteiger partial charge is 0.232 e. The molecule has 0 aliphatic carbocycles. The first-order valence-electron chi connectivity index (χ1n) is 8.17. The van der Waals surface area contributed by atoms with Crippen molar-refractivity contribution < 1.29 is 5.11 Å². The molecule has 1 atom stereocenters. The van der Waals surface area contributed by atoms with Crippen LogP contribution in [-0.4, -0.2) is 19.7 Å². The minimum atomic E-state index is -0.0902. The Labute approximate surface area is 131 Å². The highest BCUT2D eigenvalue weighted by molar-refractivity contribution is 5.54. The van der Waals surface area contributed by atoms with Gasteiger partial charge in [-0.25, -0.2) is 4.98 Å². The van der Waals surface area contributed by atoms with Gasteiger partial charge in [0, 0.05) is 5.92 Å². The van der Waals surface area contributed by atoms with E-state index in [1.807, 2.05) is 6.07 Å². The number of aryl methyl sites for hydroxylation is 1. The van der Waals surface area contributed by atoms with Gasteiger partial charge in [0.15, 0.2) is 11.5 Å². The standard InChI is InChI=1S/C17H24N4O/c1-4-7-9-12(6-3)16-19-15-10-13(8-5-2)14(11-18)17(22)21(15)20-16/h10,12,22H,4-9H2,1-3H3. The summed E-state index contributed by atoms with van der Waals surface area (Å²) in [5, 5.41) is 24.1. The summed E-state index contributed by atoms with van der Waals surface area (Å²) in [5.41, 5.74) is 1.79. The Kier molecular flexibility index (Phi) is 5.37. The molecule has 0 aliphatic heterocycles. The lowest BCUT2D eigenvalue weighted by molar-refractivity contribution is 0.431. The fraction of sp³-hybridized carbons (Fsp3) is 0.588. The molecule has 2 heterocycles. The monoisotopic (exact) mass is 300 g/mol. The zero-order valence-corrected chi connectivity index (χ0v) is 13.6. The predicted octanol–water partition coefficient (Wildman–Crippen LogP) is 3.94. The van der Waals surface area contributed by atoms with Gasteiger partial charge in [0.25, 0.3) is 0 Å². The van der Waals surface area contributed by atoms with Crippen molar-refractivity contribution in [3.63, 3.8) is 0 Å². The number of unbranched alkanes of at least 4 members (excludes halogenated alkanes) is 1. The second-order valence-corrected chi connectivity index (χ2v) is 5.72. The quantitative estimate of drug-likeness (QED) is 0.840. The molecule has 1 N–H and O–H groups in total. The average Bonchev–Trinajstić information content (AvgIpc) is 2.93. The van der Waals surface area contributed by atoms with Crippen LogP contribution in [0.5, 0.6) is 5.88 Å². The summed E-state index contributed by atoms with van der Waals surface area (Å²) in [7, 11) is 0. The Balaban J connectivity index is 2.49. The summed E-state index contributed by atoms with van der Waals surface area (Å²) in [6.07, 6.45) is 5.99. The highest BCUT2D eigenvalue weighted by atomic mass is 16.3. The van der Waals surface area contributed by atoms with Crippen molar-refractivity contribution in [3.8, 4) is 11.9 Å². The van der Waals surface area contributed by atoms with Crippen LogP contribution >= 0.6 is 0 Å². The molecule has 0 amide bonds. The summed E-state index contributed by atoms with van der Waals surface area (Å²) in [5.74, 6) is 0.982. The van der Waals surface area contributed by atoms with Crippen LogP contribution in [0.4, 0.5) is 0 Å². The molecular formula is C17H24N4O. The topological polar surface area (TPSA) is 74.2 Å². The van der Waals surface area contributed by atoms with Gasteiger partial charge in [-0.2, -0.15) is 9.78 Å². The molecule has 0 saturated carbocycles. The van der Waals surface area contributed by atoms with Crippen LogP contribution < -0.4 is 0 Å². The van der Waals surface area contributed by atoms with Gasteiger partial charge in [0.1, 0.15) is 11.6 Å². The molecular weight excluding hydrogens is 276 g/mol. The molecule has 118 valence electrons. The molecule has 2 aromatic rings. The number of hydrogen-bond acceptors (Lipinski definition) is 4. The third-order valence-corrected chi connectivity index (χ3v) is 4.09. The predicted molar refractivity (Wildman–Crippen MR) is 85.9 cm³/mol. The van der Waals surface area contributed by atoms with E-state index in [2.05, 4.69) is 36.9 Å². The van der Waals surface area contributed by atoms with E-state index in [1.165, 1.54) is 4.52 Å². The summed E-state index contributed by atoms with van der Waals surface area (Å²) in [6, 6.07) is 3.97. The minimum Gasteiger partial charge on any atom is -0.492 e. The van der Waals surface area contributed by atoms with Gasteiger partial charge in [-0.15, -0.1) is 5.10 Å². The zero-order valence-electron chi connectivity index (χ0n) is 13.6. The number of hydrogen-bond donors (Lipinski definition) is 1. The molecule has 2 aromatic heterocycles. The van der Waals surface area contributed by atoms with Crippen LogP contribution in [0.1, 0.15) is 75.7 Å². The summed E-state index contributed by atoms with van der Waals surface area (Å²) < 4.78 is 1.40. The molecule has 2 rings (SSSR count). The third kappa shape index (κ3) is 3.06. The van der Waals surface area contributed by atoms with Crippen molar-refractivity contribution in [3.05, 3.63) is 23.0 Å². The van der Waals surface area contributed by atoms with E-state index in [1.54, 1.807) is 0 Å². The first-order chi connectivity index (χ1) is 10.7. The average molecular weight is 300 g/mol. The van der Waals surface area contributed by atoms with Crippen LogP contribution in [0.15, 0.2) is 6.07 Å². The third-order valence-electron chi connectivity index (χ3n) is 4.09. The first kappa shape index (κ1) is 16.3. The number of nitriles is 1. The van der Waals surface area contributed by atoms with E-state index in [0.29, 0.717) is 17.1 Å². The zero-order chi connectivity index (χ0) is 16.1. The van der Waals surface area contributed by atoms with Gasteiger partial charge in [-0.1, -0.05) is 40.0 Å². The van der Waals surface area contributed by atoms with Gasteiger partial charge in [-0.05, 0) is 30.9 Å². The lowest BCUT2D eigenvalue weighted by Gasteiger charge is -2.09. The molecule has 0 saturated heterocycles. The number of aromatic nitrogens is 3. The van der Waals surface area contributed by atoms with Crippen LogP contribution in [0.2, 0.25) is 0 Å². The number of rotatable bonds is 7. The maximum absolute atomic E-state index is 10.3. The van der Waals surface area contributed by atoms with E-state index in [-0.39, 0.29) is 5.88 Å². The molecule has 0 radical (unpaired) electrons. The largest absolute Gasteiger partial charge is 0.492 e. The van der Waals surface area contributed by atoms with Crippen LogP contribution in [0, 0.1) is 11.3 Å². The number of nitrogens with zero attached hydrogens (tertiary/aromatic N) is 4. The summed E-state index contributed by atoms with van der Waals surface area (Å²) in [4.78, 5) is 4.60. The molecule has 22 heavy (non-hydrogen) atoms. The Morgan fingerprint density at radius 1 is 1.32 bits per heavy atom. The SMILES string of the molecule is CCCCC(CC)c1nc2cc(CCC)c(C#N)c(O)n2n1. The van der Waals surface area contributed by atoms with Gasteiger partial charge < -0.3 is 5.11 Å². The molecule has 5 heteroatoms. The second kappa shape index (κ2) is 7.26. The molecule has 0 aromatic carbocycles. The van der Waals surface area contributed by atoms with E-state index in [9.17, 15) is 10.4 Å². The molecule has 0 spiro atoms. The number of pyridine rings is 1. The van der Waals surface area contributed by atoms with Crippen molar-refractivity contribution in [1.82, 2.24) is 14.6 Å². The van der Waals surface area contributed by atoms with Crippen LogP contribution in [0.3, 0.4) is 0 Å². The first-order valence-corrected chi connectivity index (χ1v) is 8.17. The Morgan fingerprint density at radius 3 is 2.68 bits per heavy atom. The van der Waals surface area contributed by atoms with Crippen molar-refractivity contribution in [2.24, 2.45) is 0 Å². The van der Waals surface area contributed by atoms with Crippen LogP contribution in [-0.2, 0) is 6.42 Å². The fourth-order valence-corrected chi connectivity index (χ4v) is 2.80. The molecule has 0 fully saturated rings. The maximum atomic E-state index is 10.3. The van der Waals surface area contributed by atoms with Gasteiger partial charge in [-0.3, -0.25) is 0 Å². The minimum absolute atomic E-state index is 0.0902. The lowest BCUT2D eigenvalue weighted by atomic mass is 9.99. The van der Waals surface area contributed by atoms with E-state index < -0.39 is 0 Å². The van der Waals surface area contributed by atoms with Crippen molar-refractivity contribution >= 4 is 5.65 Å². The van der Waals surface area contributed by atoms with Crippen molar-refractivity contribution in [2.45, 2.75) is 65.2 Å². The van der Waals surface area contributed by atoms with Gasteiger partial charge >= 0.3 is 0 Å². The van der Waals surface area contributed by atoms with Crippen molar-refractivity contribution in [2.75, 3.05) is 0 Å². The van der Waals surface area contributed by atoms with Gasteiger partial charge in [0.05, 0.1) is 0 Å². The number of fused-ring (bicyclic) bond motifs is 1. The van der Waals surface area contributed by atoms with Gasteiger partial charge in [0.2, 0.25) is 5.88 Å². The Morgan fingerprint density at radius 2 is 2.09 bits per heavy atom. The summed E-state index contributed by atoms with van der Waals surface area (Å²) in [6.45, 7) is 6.36. The Bertz CT molecular complexity index is 684. The molecule has 5 nitrogen and oxygen atoms in total. The van der Waals surface area contributed by atoms with E-state index in [0.717, 1.165) is 49.9 Å². The highest BCUT2D eigenvalue weighted by Crippen LogP contribution is 2.27. The molecule has 0 aliphatic rings. The lowest BCUT2D eigenvalue weighted by Crippen LogP contribution is -2.01. The fourth-order valence-electron chi connectivity index (χ4n) is 2.80. The Hall–Kier alpha value is -2.09. The van der Waals surface area contributed by atoms with Crippen molar-refractivity contribution in [1.29, 1.82) is 5.26 Å². The van der Waals surface area contributed by atoms with E-state index in [4.69, 9.17) is 0 Å². The highest BCUT2D eigenvalue weighted by Gasteiger charge is 2.19. The van der Waals surface area contributed by atoms with E-state index >= 15 is 0 Å². The van der Waals surface area contributed by atoms with Crippen LogP contribution in [0.25, 0.3) is 5.65 Å². The normalized spacial score (nSPS) is 12.5. The summed E-state index contributed by atoms with van der Waals surface area (Å²) >= 11 is 0. The maximum Gasteiger partial charge on any atom is 0.232 e. The molecule has 1 unspecified atom stereocenters.